The number of benzene rings is 2. The van der Waals surface area contributed by atoms with E-state index in [1.807, 2.05) is 48.5 Å². The molecular formula is C20H18ClN3O3. The molecular weight excluding hydrogens is 366 g/mol. The van der Waals surface area contributed by atoms with Crippen LogP contribution in [0.25, 0.3) is 11.4 Å². The first-order chi connectivity index (χ1) is 13.2. The van der Waals surface area contributed by atoms with Crippen molar-refractivity contribution in [3.8, 4) is 17.1 Å². The maximum absolute atomic E-state index is 12.4. The van der Waals surface area contributed by atoms with Gasteiger partial charge in [-0.15, -0.1) is 0 Å². The van der Waals surface area contributed by atoms with Crippen LogP contribution in [0.15, 0.2) is 53.1 Å². The first-order valence-corrected chi connectivity index (χ1v) is 9.05. The van der Waals surface area contributed by atoms with Gasteiger partial charge >= 0.3 is 0 Å². The summed E-state index contributed by atoms with van der Waals surface area (Å²) in [4.78, 5) is 18.7. The van der Waals surface area contributed by atoms with Crippen LogP contribution in [0, 0.1) is 0 Å². The quantitative estimate of drug-likeness (QED) is 0.658. The van der Waals surface area contributed by atoms with Gasteiger partial charge in [0.05, 0.1) is 12.7 Å². The van der Waals surface area contributed by atoms with Crippen molar-refractivity contribution in [3.63, 3.8) is 0 Å². The van der Waals surface area contributed by atoms with Crippen molar-refractivity contribution in [2.75, 3.05) is 7.11 Å². The number of likely N-dealkylation sites (tertiary alicyclic amines) is 1. The molecule has 0 spiro atoms. The Balaban J connectivity index is 1.62. The Hall–Kier alpha value is -2.86. The predicted molar refractivity (Wildman–Crippen MR) is 100 cm³/mol. The lowest BCUT2D eigenvalue weighted by molar-refractivity contribution is -0.129. The number of carbonyl (C=O) groups excluding carboxylic acids is 1. The van der Waals surface area contributed by atoms with Crippen LogP contribution in [0.1, 0.15) is 30.3 Å². The zero-order valence-electron chi connectivity index (χ0n) is 14.8. The lowest BCUT2D eigenvalue weighted by Crippen LogP contribution is -2.27. The molecule has 1 fully saturated rings. The summed E-state index contributed by atoms with van der Waals surface area (Å²) < 4.78 is 10.9. The summed E-state index contributed by atoms with van der Waals surface area (Å²) in [6.07, 6.45) is 1.08. The standard InChI is InChI=1S/C20H18ClN3O3/c1-26-17-9-5-3-7-14(17)19-22-20(27-23-19)16-10-11-18(25)24(16)12-13-6-2-4-8-15(13)21/h2-9,16H,10-12H2,1H3. The molecule has 27 heavy (non-hydrogen) atoms. The summed E-state index contributed by atoms with van der Waals surface area (Å²) in [5.74, 6) is 1.59. The summed E-state index contributed by atoms with van der Waals surface area (Å²) >= 11 is 6.26. The lowest BCUT2D eigenvalue weighted by atomic mass is 10.1. The molecule has 0 radical (unpaired) electrons. The number of aromatic nitrogens is 2. The molecule has 0 N–H and O–H groups in total. The average Bonchev–Trinajstić information content (AvgIpc) is 3.31. The highest BCUT2D eigenvalue weighted by Gasteiger charge is 2.36. The minimum Gasteiger partial charge on any atom is -0.496 e. The van der Waals surface area contributed by atoms with Gasteiger partial charge in [-0.25, -0.2) is 0 Å². The number of hydrogen-bond acceptors (Lipinski definition) is 5. The summed E-state index contributed by atoms with van der Waals surface area (Å²) in [7, 11) is 1.60. The van der Waals surface area contributed by atoms with Crippen molar-refractivity contribution in [3.05, 3.63) is 65.0 Å². The molecule has 0 bridgehead atoms. The number of ether oxygens (including phenoxy) is 1. The van der Waals surface area contributed by atoms with Crippen LogP contribution in [-0.4, -0.2) is 28.1 Å². The van der Waals surface area contributed by atoms with Gasteiger partial charge in [-0.1, -0.05) is 47.1 Å². The first-order valence-electron chi connectivity index (χ1n) is 8.67. The molecule has 3 aromatic rings. The van der Waals surface area contributed by atoms with Gasteiger partial charge in [-0.2, -0.15) is 4.98 Å². The number of para-hydroxylation sites is 1. The number of hydrogen-bond donors (Lipinski definition) is 0. The monoisotopic (exact) mass is 383 g/mol. The van der Waals surface area contributed by atoms with Crippen molar-refractivity contribution in [1.29, 1.82) is 0 Å². The molecule has 7 heteroatoms. The van der Waals surface area contributed by atoms with Crippen LogP contribution in [0.4, 0.5) is 0 Å². The SMILES string of the molecule is COc1ccccc1-c1noc(C2CCC(=O)N2Cc2ccccc2Cl)n1. The van der Waals surface area contributed by atoms with Crippen LogP contribution in [0.2, 0.25) is 5.02 Å². The molecule has 1 amide bonds. The lowest BCUT2D eigenvalue weighted by Gasteiger charge is -2.22. The second-order valence-corrected chi connectivity index (χ2v) is 6.73. The van der Waals surface area contributed by atoms with E-state index in [0.717, 1.165) is 11.1 Å². The van der Waals surface area contributed by atoms with Gasteiger partial charge in [0.15, 0.2) is 0 Å². The fraction of sp³-hybridized carbons (Fsp3) is 0.250. The third-order valence-corrected chi connectivity index (χ3v) is 5.07. The highest BCUT2D eigenvalue weighted by molar-refractivity contribution is 6.31. The van der Waals surface area contributed by atoms with E-state index in [0.29, 0.717) is 41.9 Å². The van der Waals surface area contributed by atoms with Crippen LogP contribution >= 0.6 is 11.6 Å². The number of halogens is 1. The summed E-state index contributed by atoms with van der Waals surface area (Å²) in [6, 6.07) is 14.7. The highest BCUT2D eigenvalue weighted by Crippen LogP contribution is 2.36. The highest BCUT2D eigenvalue weighted by atomic mass is 35.5. The zero-order valence-corrected chi connectivity index (χ0v) is 15.5. The van der Waals surface area contributed by atoms with Crippen molar-refractivity contribution >= 4 is 17.5 Å². The molecule has 1 aliphatic heterocycles. The van der Waals surface area contributed by atoms with Crippen LogP contribution in [0.5, 0.6) is 5.75 Å². The van der Waals surface area contributed by atoms with Gasteiger partial charge < -0.3 is 14.2 Å². The Morgan fingerprint density at radius 3 is 2.81 bits per heavy atom. The van der Waals surface area contributed by atoms with E-state index in [2.05, 4.69) is 10.1 Å². The van der Waals surface area contributed by atoms with E-state index in [9.17, 15) is 4.79 Å². The molecule has 2 aromatic carbocycles. The summed E-state index contributed by atoms with van der Waals surface area (Å²) in [5.41, 5.74) is 1.64. The molecule has 138 valence electrons. The predicted octanol–water partition coefficient (Wildman–Crippen LogP) is 4.26. The number of methoxy groups -OCH3 is 1. The van der Waals surface area contributed by atoms with E-state index >= 15 is 0 Å². The Morgan fingerprint density at radius 2 is 2.00 bits per heavy atom. The molecule has 6 nitrogen and oxygen atoms in total. The minimum atomic E-state index is -0.260. The number of amides is 1. The minimum absolute atomic E-state index is 0.0527. The van der Waals surface area contributed by atoms with E-state index in [1.165, 1.54) is 0 Å². The van der Waals surface area contributed by atoms with Gasteiger partial charge in [0, 0.05) is 18.0 Å². The van der Waals surface area contributed by atoms with Gasteiger partial charge in [0.1, 0.15) is 11.8 Å². The molecule has 1 aliphatic rings. The van der Waals surface area contributed by atoms with Crippen molar-refractivity contribution in [1.82, 2.24) is 15.0 Å². The fourth-order valence-electron chi connectivity index (χ4n) is 3.31. The maximum atomic E-state index is 12.4. The van der Waals surface area contributed by atoms with Crippen molar-refractivity contribution in [2.45, 2.75) is 25.4 Å². The summed E-state index contributed by atoms with van der Waals surface area (Å²) in [6.45, 7) is 0.412. The third kappa shape index (κ3) is 3.40. The fourth-order valence-corrected chi connectivity index (χ4v) is 3.50. The van der Waals surface area contributed by atoms with Crippen molar-refractivity contribution < 1.29 is 14.1 Å². The zero-order chi connectivity index (χ0) is 18.8. The third-order valence-electron chi connectivity index (χ3n) is 4.70. The average molecular weight is 384 g/mol. The van der Waals surface area contributed by atoms with Crippen LogP contribution in [-0.2, 0) is 11.3 Å². The molecule has 1 unspecified atom stereocenters. The number of rotatable bonds is 5. The number of nitrogens with zero attached hydrogens (tertiary/aromatic N) is 3. The largest absolute Gasteiger partial charge is 0.496 e. The first kappa shape index (κ1) is 17.5. The van der Waals surface area contributed by atoms with E-state index < -0.39 is 0 Å². The smallest absolute Gasteiger partial charge is 0.249 e. The second kappa shape index (κ2) is 7.40. The van der Waals surface area contributed by atoms with Gasteiger partial charge in [0.25, 0.3) is 0 Å². The molecule has 4 rings (SSSR count). The number of carbonyl (C=O) groups is 1. The molecule has 1 atom stereocenters. The Morgan fingerprint density at radius 1 is 1.22 bits per heavy atom. The van der Waals surface area contributed by atoms with Gasteiger partial charge in [0.2, 0.25) is 17.6 Å². The topological polar surface area (TPSA) is 68.5 Å². The molecule has 1 aromatic heterocycles. The maximum Gasteiger partial charge on any atom is 0.249 e. The molecule has 0 saturated carbocycles. The van der Waals surface area contributed by atoms with E-state index in [4.69, 9.17) is 20.9 Å². The molecule has 2 heterocycles. The Labute approximate surface area is 161 Å². The normalized spacial score (nSPS) is 16.7. The summed E-state index contributed by atoms with van der Waals surface area (Å²) in [5, 5.41) is 4.73. The Bertz CT molecular complexity index is 972. The van der Waals surface area contributed by atoms with Gasteiger partial charge in [-0.05, 0) is 30.2 Å². The van der Waals surface area contributed by atoms with E-state index in [1.54, 1.807) is 12.0 Å². The van der Waals surface area contributed by atoms with Crippen LogP contribution < -0.4 is 4.74 Å². The van der Waals surface area contributed by atoms with Crippen molar-refractivity contribution in [2.24, 2.45) is 0 Å². The molecule has 1 saturated heterocycles. The van der Waals surface area contributed by atoms with Gasteiger partial charge in [-0.3, -0.25) is 4.79 Å². The van der Waals surface area contributed by atoms with Crippen LogP contribution in [0.3, 0.4) is 0 Å². The molecule has 0 aliphatic carbocycles. The Kier molecular flexibility index (Phi) is 4.81. The second-order valence-electron chi connectivity index (χ2n) is 6.32. The van der Waals surface area contributed by atoms with E-state index in [-0.39, 0.29) is 11.9 Å².